The van der Waals surface area contributed by atoms with Crippen molar-refractivity contribution < 1.29 is 9.90 Å². The second kappa shape index (κ2) is 11.7. The van der Waals surface area contributed by atoms with Crippen LogP contribution in [0.5, 0.6) is 0 Å². The molecular weight excluding hydrogens is 476 g/mol. The lowest BCUT2D eigenvalue weighted by molar-refractivity contribution is 0.0713. The summed E-state index contributed by atoms with van der Waals surface area (Å²) in [5.74, 6) is 1.16. The van der Waals surface area contributed by atoms with Gasteiger partial charge >= 0.3 is 0 Å². The molecule has 38 heavy (non-hydrogen) atoms. The third-order valence-electron chi connectivity index (χ3n) is 8.40. The maximum atomic E-state index is 13.1. The largest absolute Gasteiger partial charge is 0.393 e. The molecule has 5 rings (SSSR count). The average Bonchev–Trinajstić information content (AvgIpc) is 3.32. The van der Waals surface area contributed by atoms with Crippen molar-refractivity contribution in [3.8, 4) is 0 Å². The topological polar surface area (TPSA) is 95.3 Å². The maximum Gasteiger partial charge on any atom is 0.253 e. The highest BCUT2D eigenvalue weighted by Gasteiger charge is 2.29. The Morgan fingerprint density at radius 3 is 2.47 bits per heavy atom. The molecule has 0 unspecified atom stereocenters. The van der Waals surface area contributed by atoms with E-state index >= 15 is 0 Å². The number of benzene rings is 1. The fourth-order valence-electron chi connectivity index (χ4n) is 6.14. The van der Waals surface area contributed by atoms with E-state index in [0.29, 0.717) is 23.9 Å². The number of likely N-dealkylation sites (tertiary alicyclic amines) is 1. The number of aliphatic hydroxyl groups is 1. The van der Waals surface area contributed by atoms with Crippen LogP contribution in [0, 0.1) is 0 Å². The number of aromatic nitrogens is 3. The molecule has 2 aromatic heterocycles. The zero-order valence-corrected chi connectivity index (χ0v) is 23.0. The fraction of sp³-hybridized carbons (Fsp3) is 0.567. The van der Waals surface area contributed by atoms with E-state index < -0.39 is 0 Å². The zero-order chi connectivity index (χ0) is 26.6. The average molecular weight is 519 g/mol. The molecule has 1 aromatic carbocycles. The first-order valence-corrected chi connectivity index (χ1v) is 14.4. The van der Waals surface area contributed by atoms with Gasteiger partial charge in [-0.1, -0.05) is 13.3 Å². The molecule has 0 bridgehead atoms. The lowest BCUT2D eigenvalue weighted by Crippen LogP contribution is -2.37. The molecule has 8 heteroatoms. The van der Waals surface area contributed by atoms with Crippen LogP contribution in [0.15, 0.2) is 36.7 Å². The van der Waals surface area contributed by atoms with E-state index in [1.807, 2.05) is 42.4 Å². The number of amides is 1. The van der Waals surface area contributed by atoms with Crippen molar-refractivity contribution in [3.63, 3.8) is 0 Å². The number of fused-ring (bicyclic) bond motifs is 1. The van der Waals surface area contributed by atoms with Gasteiger partial charge in [-0.15, -0.1) is 0 Å². The van der Waals surface area contributed by atoms with Gasteiger partial charge in [0.15, 0.2) is 0 Å². The van der Waals surface area contributed by atoms with Crippen LogP contribution >= 0.6 is 0 Å². The smallest absolute Gasteiger partial charge is 0.253 e. The summed E-state index contributed by atoms with van der Waals surface area (Å²) < 4.78 is 2.36. The Morgan fingerprint density at radius 1 is 1.11 bits per heavy atom. The third kappa shape index (κ3) is 5.65. The molecule has 1 amide bonds. The van der Waals surface area contributed by atoms with Crippen LogP contribution in [-0.2, 0) is 0 Å². The Balaban J connectivity index is 1.36. The van der Waals surface area contributed by atoms with E-state index in [1.165, 1.54) is 5.56 Å². The standard InChI is InChI=1S/C30H42N6O2/c1-4-5-20(2)33-30-32-18-26-27(19-36(28(26)34-30)24-10-12-25(37)13-11-24)21-14-16-35(17-15-21)29(38)22-6-8-23(31-3)9-7-22/h6-9,18-21,24-25,31,37H,4-5,10-17H2,1-3H3,(H,32,33,34)/t20-,24-,25-/m0/s1. The molecule has 1 aliphatic carbocycles. The van der Waals surface area contributed by atoms with Gasteiger partial charge in [-0.05, 0) is 87.6 Å². The van der Waals surface area contributed by atoms with Gasteiger partial charge in [-0.3, -0.25) is 4.79 Å². The molecule has 3 heterocycles. The number of hydrogen-bond donors (Lipinski definition) is 3. The number of piperidine rings is 1. The molecular formula is C30H42N6O2. The predicted molar refractivity (Wildman–Crippen MR) is 153 cm³/mol. The Bertz CT molecular complexity index is 1220. The number of aliphatic hydroxyl groups excluding tert-OH is 1. The number of nitrogens with zero attached hydrogens (tertiary/aromatic N) is 4. The normalized spacial score (nSPS) is 21.4. The second-order valence-corrected chi connectivity index (χ2v) is 11.1. The summed E-state index contributed by atoms with van der Waals surface area (Å²) in [6.07, 6.45) is 11.7. The Hall–Kier alpha value is -3.13. The van der Waals surface area contributed by atoms with Gasteiger partial charge in [0.1, 0.15) is 5.65 Å². The first-order chi connectivity index (χ1) is 18.5. The highest BCUT2D eigenvalue weighted by molar-refractivity contribution is 5.94. The Labute approximate surface area is 225 Å². The van der Waals surface area contributed by atoms with Gasteiger partial charge in [-0.25, -0.2) is 4.98 Å². The van der Waals surface area contributed by atoms with Gasteiger partial charge < -0.3 is 25.2 Å². The Morgan fingerprint density at radius 2 is 1.82 bits per heavy atom. The summed E-state index contributed by atoms with van der Waals surface area (Å²) in [6.45, 7) is 5.85. The van der Waals surface area contributed by atoms with Crippen LogP contribution in [0.1, 0.15) is 93.1 Å². The van der Waals surface area contributed by atoms with Crippen molar-refractivity contribution in [2.75, 3.05) is 30.8 Å². The molecule has 1 aliphatic heterocycles. The van der Waals surface area contributed by atoms with Crippen molar-refractivity contribution in [3.05, 3.63) is 47.8 Å². The number of rotatable bonds is 8. The summed E-state index contributed by atoms with van der Waals surface area (Å²) in [5, 5.41) is 17.8. The van der Waals surface area contributed by atoms with Crippen molar-refractivity contribution in [1.29, 1.82) is 0 Å². The lowest BCUT2D eigenvalue weighted by atomic mass is 9.89. The van der Waals surface area contributed by atoms with E-state index in [4.69, 9.17) is 9.97 Å². The highest BCUT2D eigenvalue weighted by atomic mass is 16.3. The fourth-order valence-corrected chi connectivity index (χ4v) is 6.14. The summed E-state index contributed by atoms with van der Waals surface area (Å²) in [5.41, 5.74) is 4.03. The van der Waals surface area contributed by atoms with Crippen LogP contribution < -0.4 is 10.6 Å². The number of carbonyl (C=O) groups excluding carboxylic acids is 1. The minimum absolute atomic E-state index is 0.106. The molecule has 2 aliphatic rings. The Kier molecular flexibility index (Phi) is 8.17. The quantitative estimate of drug-likeness (QED) is 0.361. The van der Waals surface area contributed by atoms with E-state index in [9.17, 15) is 9.90 Å². The van der Waals surface area contributed by atoms with E-state index in [1.54, 1.807) is 0 Å². The molecule has 0 radical (unpaired) electrons. The maximum absolute atomic E-state index is 13.1. The summed E-state index contributed by atoms with van der Waals surface area (Å²) in [4.78, 5) is 24.8. The summed E-state index contributed by atoms with van der Waals surface area (Å²) >= 11 is 0. The predicted octanol–water partition coefficient (Wildman–Crippen LogP) is 5.57. The molecule has 3 aromatic rings. The second-order valence-electron chi connectivity index (χ2n) is 11.1. The van der Waals surface area contributed by atoms with E-state index in [-0.39, 0.29) is 12.0 Å². The van der Waals surface area contributed by atoms with Crippen LogP contribution in [0.3, 0.4) is 0 Å². The van der Waals surface area contributed by atoms with Gasteiger partial charge in [0, 0.05) is 61.3 Å². The molecule has 1 saturated heterocycles. The van der Waals surface area contributed by atoms with Crippen LogP contribution in [0.25, 0.3) is 11.0 Å². The molecule has 8 nitrogen and oxygen atoms in total. The van der Waals surface area contributed by atoms with Crippen molar-refractivity contribution in [2.24, 2.45) is 0 Å². The number of anilines is 2. The zero-order valence-electron chi connectivity index (χ0n) is 23.0. The first kappa shape index (κ1) is 26.5. The van der Waals surface area contributed by atoms with E-state index in [2.05, 4.69) is 35.2 Å². The minimum Gasteiger partial charge on any atom is -0.393 e. The number of nitrogens with one attached hydrogen (secondary N) is 2. The molecule has 1 saturated carbocycles. The highest BCUT2D eigenvalue weighted by Crippen LogP contribution is 2.38. The summed E-state index contributed by atoms with van der Waals surface area (Å²) in [6, 6.07) is 8.36. The van der Waals surface area contributed by atoms with Crippen LogP contribution in [0.2, 0.25) is 0 Å². The third-order valence-corrected chi connectivity index (χ3v) is 8.40. The minimum atomic E-state index is -0.189. The van der Waals surface area contributed by atoms with Crippen molar-refractivity contribution in [2.45, 2.75) is 89.3 Å². The molecule has 2 fully saturated rings. The van der Waals surface area contributed by atoms with Gasteiger partial charge in [0.05, 0.1) is 6.10 Å². The first-order valence-electron chi connectivity index (χ1n) is 14.4. The SMILES string of the molecule is CCC[C@H](C)Nc1ncc2c(C3CCN(C(=O)c4ccc(NC)cc4)CC3)cn([C@H]3CC[C@H](O)CC3)c2n1. The summed E-state index contributed by atoms with van der Waals surface area (Å²) in [7, 11) is 1.88. The lowest BCUT2D eigenvalue weighted by Gasteiger charge is -2.32. The van der Waals surface area contributed by atoms with Crippen LogP contribution in [-0.4, -0.2) is 62.7 Å². The van der Waals surface area contributed by atoms with Crippen molar-refractivity contribution >= 4 is 28.6 Å². The molecule has 204 valence electrons. The van der Waals surface area contributed by atoms with Gasteiger partial charge in [0.25, 0.3) is 5.91 Å². The number of hydrogen-bond acceptors (Lipinski definition) is 6. The molecule has 0 spiro atoms. The molecule has 3 N–H and O–H groups in total. The monoisotopic (exact) mass is 518 g/mol. The van der Waals surface area contributed by atoms with Crippen molar-refractivity contribution in [1.82, 2.24) is 19.4 Å². The van der Waals surface area contributed by atoms with Gasteiger partial charge in [0.2, 0.25) is 5.95 Å². The molecule has 1 atom stereocenters. The number of carbonyl (C=O) groups is 1. The van der Waals surface area contributed by atoms with Gasteiger partial charge in [-0.2, -0.15) is 4.98 Å². The van der Waals surface area contributed by atoms with Crippen LogP contribution in [0.4, 0.5) is 11.6 Å². The van der Waals surface area contributed by atoms with E-state index in [0.717, 1.165) is 86.7 Å².